The van der Waals surface area contributed by atoms with Crippen LogP contribution in [0.25, 0.3) is 28.2 Å². The minimum absolute atomic E-state index is 0.0197. The number of aromatic nitrogens is 6. The van der Waals surface area contributed by atoms with Crippen molar-refractivity contribution in [2.45, 2.75) is 53.0 Å². The maximum Gasteiger partial charge on any atom is 0.333 e. The molecule has 5 rings (SSSR count). The van der Waals surface area contributed by atoms with Crippen LogP contribution in [0.2, 0.25) is 0 Å². The second-order valence-corrected chi connectivity index (χ2v) is 9.23. The zero-order valence-electron chi connectivity index (χ0n) is 21.6. The third-order valence-corrected chi connectivity index (χ3v) is 6.91. The van der Waals surface area contributed by atoms with Crippen LogP contribution in [0.5, 0.6) is 0 Å². The molecule has 0 saturated carbocycles. The van der Waals surface area contributed by atoms with E-state index in [1.807, 2.05) is 27.3 Å². The van der Waals surface area contributed by atoms with Gasteiger partial charge in [-0.3, -0.25) is 9.13 Å². The standard InChI is InChI=1S/C30H32N6O/c1-4-10-25-20-36(28-22(5-2)11-9-12-23(28)6-3)30(37)35(25)19-21-15-17-24(18-16-21)26-13-7-8-14-27(26)29-31-33-34-32-29/h7-9,11-18,20H,4-6,10,19H2,1-3H3,(H,31,32,33,34). The Hall–Kier alpha value is -4.26. The van der Waals surface area contributed by atoms with E-state index in [4.69, 9.17) is 0 Å². The third kappa shape index (κ3) is 4.77. The average Bonchev–Trinajstić information content (AvgIpc) is 3.58. The van der Waals surface area contributed by atoms with Gasteiger partial charge in [0.1, 0.15) is 0 Å². The van der Waals surface area contributed by atoms with Crippen molar-refractivity contribution in [2.24, 2.45) is 0 Å². The molecule has 0 aliphatic heterocycles. The summed E-state index contributed by atoms with van der Waals surface area (Å²) in [6, 6.07) is 22.8. The molecular weight excluding hydrogens is 460 g/mol. The molecule has 3 aromatic carbocycles. The number of benzene rings is 3. The largest absolute Gasteiger partial charge is 0.333 e. The van der Waals surface area contributed by atoms with Gasteiger partial charge in [0, 0.05) is 17.5 Å². The lowest BCUT2D eigenvalue weighted by atomic mass is 9.98. The second-order valence-electron chi connectivity index (χ2n) is 9.23. The Morgan fingerprint density at radius 2 is 1.54 bits per heavy atom. The van der Waals surface area contributed by atoms with Gasteiger partial charge in [0.25, 0.3) is 0 Å². The molecule has 0 unspecified atom stereocenters. The molecule has 0 saturated heterocycles. The van der Waals surface area contributed by atoms with Crippen LogP contribution < -0.4 is 5.69 Å². The fraction of sp³-hybridized carbons (Fsp3) is 0.267. The number of rotatable bonds is 9. The Kier molecular flexibility index (Phi) is 7.12. The number of hydrogen-bond donors (Lipinski definition) is 1. The molecule has 37 heavy (non-hydrogen) atoms. The number of nitrogens with zero attached hydrogens (tertiary/aromatic N) is 5. The summed E-state index contributed by atoms with van der Waals surface area (Å²) >= 11 is 0. The summed E-state index contributed by atoms with van der Waals surface area (Å²) in [7, 11) is 0. The molecule has 188 valence electrons. The van der Waals surface area contributed by atoms with Crippen LogP contribution in [0.4, 0.5) is 0 Å². The summed E-state index contributed by atoms with van der Waals surface area (Å²) in [6.45, 7) is 6.97. The quantitative estimate of drug-likeness (QED) is 0.290. The van der Waals surface area contributed by atoms with Gasteiger partial charge in [0.15, 0.2) is 5.82 Å². The van der Waals surface area contributed by atoms with Crippen LogP contribution in [0.1, 0.15) is 49.6 Å². The van der Waals surface area contributed by atoms with E-state index in [-0.39, 0.29) is 5.69 Å². The second kappa shape index (κ2) is 10.8. The lowest BCUT2D eigenvalue weighted by Gasteiger charge is -2.13. The normalized spacial score (nSPS) is 11.2. The van der Waals surface area contributed by atoms with Crippen molar-refractivity contribution in [3.63, 3.8) is 0 Å². The van der Waals surface area contributed by atoms with Gasteiger partial charge in [-0.1, -0.05) is 93.9 Å². The van der Waals surface area contributed by atoms with E-state index in [1.165, 1.54) is 11.1 Å². The number of tetrazole rings is 1. The predicted molar refractivity (Wildman–Crippen MR) is 147 cm³/mol. The van der Waals surface area contributed by atoms with Crippen LogP contribution in [-0.4, -0.2) is 29.8 Å². The number of imidazole rings is 1. The molecule has 7 nitrogen and oxygen atoms in total. The zero-order chi connectivity index (χ0) is 25.8. The van der Waals surface area contributed by atoms with E-state index in [0.717, 1.165) is 59.3 Å². The summed E-state index contributed by atoms with van der Waals surface area (Å²) in [4.78, 5) is 13.8. The molecule has 0 amide bonds. The van der Waals surface area contributed by atoms with Gasteiger partial charge < -0.3 is 0 Å². The number of H-pyrrole nitrogens is 1. The first-order valence-electron chi connectivity index (χ1n) is 13.0. The maximum absolute atomic E-state index is 13.8. The molecule has 7 heteroatoms. The summed E-state index contributed by atoms with van der Waals surface area (Å²) in [5.74, 6) is 0.635. The minimum atomic E-state index is 0.0197. The van der Waals surface area contributed by atoms with E-state index >= 15 is 0 Å². The monoisotopic (exact) mass is 492 g/mol. The average molecular weight is 493 g/mol. The van der Waals surface area contributed by atoms with Gasteiger partial charge >= 0.3 is 5.69 Å². The lowest BCUT2D eigenvalue weighted by molar-refractivity contribution is 0.690. The third-order valence-electron chi connectivity index (χ3n) is 6.91. The van der Waals surface area contributed by atoms with E-state index in [0.29, 0.717) is 12.4 Å². The van der Waals surface area contributed by atoms with Crippen LogP contribution in [-0.2, 0) is 25.8 Å². The smallest absolute Gasteiger partial charge is 0.292 e. The molecule has 0 aliphatic rings. The van der Waals surface area contributed by atoms with Gasteiger partial charge in [0.05, 0.1) is 12.2 Å². The number of aryl methyl sites for hydroxylation is 3. The molecule has 0 spiro atoms. The summed E-state index contributed by atoms with van der Waals surface area (Å²) in [5.41, 5.74) is 8.67. The van der Waals surface area contributed by atoms with E-state index in [9.17, 15) is 4.79 Å². The molecule has 0 aliphatic carbocycles. The van der Waals surface area contributed by atoms with Crippen molar-refractivity contribution in [3.05, 3.63) is 106 Å². The van der Waals surface area contributed by atoms with Crippen LogP contribution in [0.3, 0.4) is 0 Å². The molecule has 2 aromatic heterocycles. The molecule has 5 aromatic rings. The SMILES string of the molecule is CCCc1cn(-c2c(CC)cccc2CC)c(=O)n1Cc1ccc(-c2ccccc2-c2nnn[nH]2)cc1. The van der Waals surface area contributed by atoms with E-state index in [2.05, 4.69) is 96.1 Å². The topological polar surface area (TPSA) is 81.4 Å². The van der Waals surface area contributed by atoms with Crippen molar-refractivity contribution in [2.75, 3.05) is 0 Å². The highest BCUT2D eigenvalue weighted by atomic mass is 16.1. The van der Waals surface area contributed by atoms with Crippen molar-refractivity contribution in [1.29, 1.82) is 0 Å². The first-order chi connectivity index (χ1) is 18.1. The first-order valence-corrected chi connectivity index (χ1v) is 13.0. The van der Waals surface area contributed by atoms with Crippen molar-refractivity contribution in [3.8, 4) is 28.2 Å². The highest BCUT2D eigenvalue weighted by Crippen LogP contribution is 2.30. The first kappa shape index (κ1) is 24.4. The van der Waals surface area contributed by atoms with Crippen molar-refractivity contribution in [1.82, 2.24) is 29.8 Å². The number of nitrogens with one attached hydrogen (secondary N) is 1. The van der Waals surface area contributed by atoms with Crippen LogP contribution in [0, 0.1) is 0 Å². The molecule has 0 bridgehead atoms. The molecular formula is C30H32N6O. The Morgan fingerprint density at radius 3 is 2.16 bits per heavy atom. The molecule has 1 N–H and O–H groups in total. The molecule has 0 radical (unpaired) electrons. The molecule has 2 heterocycles. The summed E-state index contributed by atoms with van der Waals surface area (Å²) in [5, 5.41) is 14.4. The predicted octanol–water partition coefficient (Wildman–Crippen LogP) is 5.61. The highest BCUT2D eigenvalue weighted by molar-refractivity contribution is 5.80. The zero-order valence-corrected chi connectivity index (χ0v) is 21.6. The fourth-order valence-corrected chi connectivity index (χ4v) is 5.02. The van der Waals surface area contributed by atoms with Crippen LogP contribution >= 0.6 is 0 Å². The minimum Gasteiger partial charge on any atom is -0.292 e. The Morgan fingerprint density at radius 1 is 0.838 bits per heavy atom. The van der Waals surface area contributed by atoms with Gasteiger partial charge in [-0.2, -0.15) is 0 Å². The van der Waals surface area contributed by atoms with Crippen molar-refractivity contribution < 1.29 is 0 Å². The number of para-hydroxylation sites is 1. The van der Waals surface area contributed by atoms with Gasteiger partial charge in [0.2, 0.25) is 0 Å². The number of aromatic amines is 1. The summed E-state index contributed by atoms with van der Waals surface area (Å²) in [6.07, 6.45) is 5.66. The molecule has 0 fully saturated rings. The van der Waals surface area contributed by atoms with Gasteiger partial charge in [-0.25, -0.2) is 9.89 Å². The van der Waals surface area contributed by atoms with Gasteiger partial charge in [-0.05, 0) is 57.5 Å². The Bertz CT molecular complexity index is 1520. The van der Waals surface area contributed by atoms with Gasteiger partial charge in [-0.15, -0.1) is 5.10 Å². The van der Waals surface area contributed by atoms with Crippen LogP contribution in [0.15, 0.2) is 77.7 Å². The Balaban J connectivity index is 1.51. The summed E-state index contributed by atoms with van der Waals surface area (Å²) < 4.78 is 3.80. The molecule has 0 atom stereocenters. The lowest BCUT2D eigenvalue weighted by Crippen LogP contribution is -2.26. The number of hydrogen-bond acceptors (Lipinski definition) is 4. The highest BCUT2D eigenvalue weighted by Gasteiger charge is 2.17. The fourth-order valence-electron chi connectivity index (χ4n) is 5.02. The maximum atomic E-state index is 13.8. The Labute approximate surface area is 216 Å². The van der Waals surface area contributed by atoms with Crippen molar-refractivity contribution >= 4 is 0 Å². The van der Waals surface area contributed by atoms with E-state index < -0.39 is 0 Å². The van der Waals surface area contributed by atoms with E-state index in [1.54, 1.807) is 0 Å².